The standard InChI is InChI=1S/C24H28N6O3/c1-26-23(32)17-9-15(22(31)28-21-18-12-29(8-6-25)13-19(18)21)11-30(24(17)33)10-14-3-2-4-20-16(14)5-7-27-20/h2-5,7,9,11,18-19,21,27H,6,8,10,12-13,25H2,1H3,(H,26,32)(H,28,31)/t18-,19+,21-. The number of nitrogens with zero attached hydrogens (tertiary/aromatic N) is 2. The predicted molar refractivity (Wildman–Crippen MR) is 125 cm³/mol. The predicted octanol–water partition coefficient (Wildman–Crippen LogP) is 0.356. The highest BCUT2D eigenvalue weighted by Crippen LogP contribution is 2.45. The van der Waals surface area contributed by atoms with Crippen LogP contribution in [0.2, 0.25) is 0 Å². The molecule has 5 rings (SSSR count). The fourth-order valence-corrected chi connectivity index (χ4v) is 5.07. The Morgan fingerprint density at radius 1 is 1.18 bits per heavy atom. The fraction of sp³-hybridized carbons (Fsp3) is 0.375. The summed E-state index contributed by atoms with van der Waals surface area (Å²) in [5.41, 5.74) is 7.36. The molecule has 0 unspecified atom stereocenters. The Morgan fingerprint density at radius 2 is 1.97 bits per heavy atom. The number of hydrogen-bond donors (Lipinski definition) is 4. The summed E-state index contributed by atoms with van der Waals surface area (Å²) in [6.45, 7) is 3.65. The number of rotatable bonds is 7. The third kappa shape index (κ3) is 3.94. The molecule has 3 atom stereocenters. The molecule has 3 aromatic rings. The van der Waals surface area contributed by atoms with E-state index < -0.39 is 11.5 Å². The Hall–Kier alpha value is -3.43. The molecule has 3 heterocycles. The molecule has 9 nitrogen and oxygen atoms in total. The van der Waals surface area contributed by atoms with Gasteiger partial charge in [0.15, 0.2) is 0 Å². The van der Waals surface area contributed by atoms with Crippen molar-refractivity contribution in [2.24, 2.45) is 17.6 Å². The van der Waals surface area contributed by atoms with Crippen LogP contribution >= 0.6 is 0 Å². The van der Waals surface area contributed by atoms with Crippen molar-refractivity contribution in [3.8, 4) is 0 Å². The Kier molecular flexibility index (Phi) is 5.51. The Morgan fingerprint density at radius 3 is 2.70 bits per heavy atom. The molecule has 9 heteroatoms. The quantitative estimate of drug-likeness (QED) is 0.415. The van der Waals surface area contributed by atoms with Gasteiger partial charge in [-0.25, -0.2) is 0 Å². The van der Waals surface area contributed by atoms with Crippen LogP contribution in [0.1, 0.15) is 26.3 Å². The second kappa shape index (κ2) is 8.49. The summed E-state index contributed by atoms with van der Waals surface area (Å²) in [6, 6.07) is 9.28. The third-order valence-electron chi connectivity index (χ3n) is 6.86. The second-order valence-corrected chi connectivity index (χ2v) is 8.89. The molecular formula is C24H28N6O3. The molecule has 2 amide bonds. The number of amides is 2. The van der Waals surface area contributed by atoms with Crippen molar-refractivity contribution in [2.45, 2.75) is 12.6 Å². The highest BCUT2D eigenvalue weighted by molar-refractivity contribution is 5.99. The van der Waals surface area contributed by atoms with Gasteiger partial charge in [-0.15, -0.1) is 0 Å². The Balaban J connectivity index is 1.41. The van der Waals surface area contributed by atoms with Gasteiger partial charge in [-0.2, -0.15) is 0 Å². The van der Waals surface area contributed by atoms with Crippen LogP contribution in [0.5, 0.6) is 0 Å². The molecular weight excluding hydrogens is 420 g/mol. The lowest BCUT2D eigenvalue weighted by molar-refractivity contribution is 0.0942. The summed E-state index contributed by atoms with van der Waals surface area (Å²) in [7, 11) is 1.47. The van der Waals surface area contributed by atoms with Gasteiger partial charge in [0.05, 0.1) is 12.1 Å². The maximum Gasteiger partial charge on any atom is 0.263 e. The smallest absolute Gasteiger partial charge is 0.263 e. The number of fused-ring (bicyclic) bond motifs is 2. The monoisotopic (exact) mass is 448 g/mol. The normalized spacial score (nSPS) is 21.7. The number of aromatic amines is 1. The average Bonchev–Trinajstić information content (AvgIpc) is 3.18. The lowest BCUT2D eigenvalue weighted by Crippen LogP contribution is -2.37. The van der Waals surface area contributed by atoms with Gasteiger partial charge in [0, 0.05) is 62.6 Å². The van der Waals surface area contributed by atoms with Gasteiger partial charge in [0.25, 0.3) is 17.4 Å². The molecule has 1 saturated heterocycles. The summed E-state index contributed by atoms with van der Waals surface area (Å²) < 4.78 is 1.44. The van der Waals surface area contributed by atoms with Crippen LogP contribution in [0.15, 0.2) is 47.5 Å². The number of hydrogen-bond acceptors (Lipinski definition) is 5. The number of pyridine rings is 1. The number of carbonyl (C=O) groups excluding carboxylic acids is 2. The first-order valence-corrected chi connectivity index (χ1v) is 11.2. The number of benzene rings is 1. The fourth-order valence-electron chi connectivity index (χ4n) is 5.07. The summed E-state index contributed by atoms with van der Waals surface area (Å²) in [4.78, 5) is 44.0. The van der Waals surface area contributed by atoms with E-state index >= 15 is 0 Å². The lowest BCUT2D eigenvalue weighted by atomic mass is 10.1. The SMILES string of the molecule is CNC(=O)c1cc(C(=O)N[C@@H]2[C@@H]3CN(CCN)C[C@@H]32)cn(Cc2cccc3[nH]ccc23)c1=O. The molecule has 172 valence electrons. The maximum atomic E-state index is 13.1. The minimum atomic E-state index is -0.510. The van der Waals surface area contributed by atoms with Crippen LogP contribution in [-0.2, 0) is 6.54 Å². The van der Waals surface area contributed by atoms with Gasteiger partial charge in [0.1, 0.15) is 5.56 Å². The number of aromatic nitrogens is 2. The van der Waals surface area contributed by atoms with E-state index in [0.29, 0.717) is 23.9 Å². The van der Waals surface area contributed by atoms with Crippen molar-refractivity contribution in [3.05, 3.63) is 69.8 Å². The Labute approximate surface area is 190 Å². The summed E-state index contributed by atoms with van der Waals surface area (Å²) in [5.74, 6) is 0.106. The molecule has 1 saturated carbocycles. The molecule has 1 aliphatic carbocycles. The van der Waals surface area contributed by atoms with Gasteiger partial charge >= 0.3 is 0 Å². The topological polar surface area (TPSA) is 125 Å². The van der Waals surface area contributed by atoms with Crippen LogP contribution in [-0.4, -0.2) is 65.5 Å². The van der Waals surface area contributed by atoms with Crippen molar-refractivity contribution in [3.63, 3.8) is 0 Å². The van der Waals surface area contributed by atoms with E-state index in [0.717, 1.165) is 36.1 Å². The molecule has 2 fully saturated rings. The number of carbonyl (C=O) groups is 2. The van der Waals surface area contributed by atoms with Crippen LogP contribution < -0.4 is 21.9 Å². The largest absolute Gasteiger partial charge is 0.361 e. The highest BCUT2D eigenvalue weighted by Gasteiger charge is 2.56. The molecule has 2 aliphatic rings. The van der Waals surface area contributed by atoms with Crippen LogP contribution in [0, 0.1) is 11.8 Å². The van der Waals surface area contributed by atoms with E-state index in [9.17, 15) is 14.4 Å². The molecule has 5 N–H and O–H groups in total. The van der Waals surface area contributed by atoms with Crippen molar-refractivity contribution in [2.75, 3.05) is 33.2 Å². The number of nitrogens with two attached hydrogens (primary N) is 1. The van der Waals surface area contributed by atoms with Gasteiger partial charge in [-0.05, 0) is 35.6 Å². The lowest BCUT2D eigenvalue weighted by Gasteiger charge is -2.19. The number of H-pyrrole nitrogens is 1. The first-order valence-electron chi connectivity index (χ1n) is 11.2. The minimum Gasteiger partial charge on any atom is -0.361 e. The number of piperidine rings is 1. The zero-order chi connectivity index (χ0) is 23.1. The van der Waals surface area contributed by atoms with Crippen LogP contribution in [0.3, 0.4) is 0 Å². The maximum absolute atomic E-state index is 13.1. The van der Waals surface area contributed by atoms with Gasteiger partial charge in [-0.3, -0.25) is 14.4 Å². The molecule has 0 radical (unpaired) electrons. The zero-order valence-corrected chi connectivity index (χ0v) is 18.5. The van der Waals surface area contributed by atoms with Crippen molar-refractivity contribution in [1.82, 2.24) is 25.1 Å². The van der Waals surface area contributed by atoms with E-state index in [-0.39, 0.29) is 24.1 Å². The molecule has 0 spiro atoms. The highest BCUT2D eigenvalue weighted by atomic mass is 16.2. The molecule has 33 heavy (non-hydrogen) atoms. The van der Waals surface area contributed by atoms with E-state index in [4.69, 9.17) is 5.73 Å². The second-order valence-electron chi connectivity index (χ2n) is 8.89. The minimum absolute atomic E-state index is 0.0449. The number of likely N-dealkylation sites (tertiary alicyclic amines) is 1. The van der Waals surface area contributed by atoms with E-state index in [2.05, 4.69) is 20.5 Å². The average molecular weight is 449 g/mol. The summed E-state index contributed by atoms with van der Waals surface area (Å²) >= 11 is 0. The van der Waals surface area contributed by atoms with E-state index in [1.54, 1.807) is 6.20 Å². The summed E-state index contributed by atoms with van der Waals surface area (Å²) in [5, 5.41) is 6.60. The van der Waals surface area contributed by atoms with Gasteiger partial charge in [-0.1, -0.05) is 12.1 Å². The van der Waals surface area contributed by atoms with Gasteiger partial charge in [0.2, 0.25) is 0 Å². The molecule has 1 aromatic carbocycles. The molecule has 1 aliphatic heterocycles. The molecule has 2 aromatic heterocycles. The van der Waals surface area contributed by atoms with Crippen LogP contribution in [0.25, 0.3) is 10.9 Å². The zero-order valence-electron chi connectivity index (χ0n) is 18.5. The number of nitrogens with one attached hydrogen (secondary N) is 3. The Bertz CT molecular complexity index is 1270. The first-order chi connectivity index (χ1) is 16.0. The first kappa shape index (κ1) is 21.4. The molecule has 0 bridgehead atoms. The van der Waals surface area contributed by atoms with Crippen LogP contribution in [0.4, 0.5) is 0 Å². The third-order valence-corrected chi connectivity index (χ3v) is 6.86. The van der Waals surface area contributed by atoms with E-state index in [1.165, 1.54) is 17.7 Å². The van der Waals surface area contributed by atoms with Crippen molar-refractivity contribution < 1.29 is 9.59 Å². The van der Waals surface area contributed by atoms with E-state index in [1.807, 2.05) is 30.5 Å². The van der Waals surface area contributed by atoms with Crippen molar-refractivity contribution >= 4 is 22.7 Å². The summed E-state index contributed by atoms with van der Waals surface area (Å²) in [6.07, 6.45) is 3.40. The van der Waals surface area contributed by atoms with Crippen molar-refractivity contribution in [1.29, 1.82) is 0 Å². The van der Waals surface area contributed by atoms with Gasteiger partial charge < -0.3 is 30.8 Å².